The molecule has 1 unspecified atom stereocenters. The summed E-state index contributed by atoms with van der Waals surface area (Å²) < 4.78 is 28.3. The molecule has 0 saturated heterocycles. The SMILES string of the molecule is Cc1nn2cc(C(C)C3CC4(C3)CC(F)(F)C4)nc2nc1C1CCCCC1. The molecule has 27 heavy (non-hydrogen) atoms. The molecule has 4 nitrogen and oxygen atoms in total. The number of halogens is 2. The van der Waals surface area contributed by atoms with Gasteiger partial charge in [-0.3, -0.25) is 0 Å². The Balaban J connectivity index is 1.34. The first-order chi connectivity index (χ1) is 12.8. The van der Waals surface area contributed by atoms with Crippen LogP contribution in [-0.2, 0) is 0 Å². The van der Waals surface area contributed by atoms with Gasteiger partial charge in [-0.2, -0.15) is 5.10 Å². The van der Waals surface area contributed by atoms with E-state index in [1.165, 1.54) is 32.1 Å². The van der Waals surface area contributed by atoms with Crippen LogP contribution in [0.4, 0.5) is 8.78 Å². The molecule has 5 rings (SSSR count). The monoisotopic (exact) mass is 374 g/mol. The Morgan fingerprint density at radius 1 is 1.11 bits per heavy atom. The molecule has 6 heteroatoms. The van der Waals surface area contributed by atoms with Crippen LogP contribution in [0.5, 0.6) is 0 Å². The Bertz CT molecular complexity index is 852. The molecule has 146 valence electrons. The molecule has 0 N–H and O–H groups in total. The van der Waals surface area contributed by atoms with E-state index in [4.69, 9.17) is 15.1 Å². The summed E-state index contributed by atoms with van der Waals surface area (Å²) in [5.74, 6) is -0.498. The topological polar surface area (TPSA) is 43.1 Å². The van der Waals surface area contributed by atoms with E-state index in [1.807, 2.05) is 13.1 Å². The third kappa shape index (κ3) is 2.95. The lowest BCUT2D eigenvalue weighted by atomic mass is 9.48. The second kappa shape index (κ2) is 5.95. The number of hydrogen-bond donors (Lipinski definition) is 0. The number of rotatable bonds is 3. The quantitative estimate of drug-likeness (QED) is 0.721. The number of imidazole rings is 1. The van der Waals surface area contributed by atoms with Gasteiger partial charge in [-0.1, -0.05) is 26.2 Å². The standard InChI is InChI=1S/C21H28F2N4/c1-13(16-8-20(9-16)11-21(22,23)12-20)17-10-27-19(24-17)25-18(14(2)26-27)15-6-4-3-5-7-15/h10,13,15-16H,3-9,11-12H2,1-2H3. The van der Waals surface area contributed by atoms with Crippen LogP contribution in [0.3, 0.4) is 0 Å². The third-order valence-corrected chi connectivity index (χ3v) is 7.36. The summed E-state index contributed by atoms with van der Waals surface area (Å²) in [6, 6.07) is 0. The minimum Gasteiger partial charge on any atom is -0.214 e. The summed E-state index contributed by atoms with van der Waals surface area (Å²) in [5.41, 5.74) is 3.04. The summed E-state index contributed by atoms with van der Waals surface area (Å²) in [6.07, 6.45) is 10.2. The number of aromatic nitrogens is 4. The van der Waals surface area contributed by atoms with E-state index in [0.717, 1.165) is 29.9 Å². The smallest absolute Gasteiger partial charge is 0.214 e. The van der Waals surface area contributed by atoms with E-state index in [-0.39, 0.29) is 24.2 Å². The highest BCUT2D eigenvalue weighted by atomic mass is 19.3. The minimum atomic E-state index is -2.42. The van der Waals surface area contributed by atoms with Crippen molar-refractivity contribution in [2.24, 2.45) is 11.3 Å². The molecular formula is C21H28F2N4. The zero-order valence-corrected chi connectivity index (χ0v) is 16.2. The van der Waals surface area contributed by atoms with Gasteiger partial charge in [0.2, 0.25) is 5.92 Å². The maximum Gasteiger partial charge on any atom is 0.251 e. The normalized spacial score (nSPS) is 26.1. The molecule has 0 aromatic carbocycles. The van der Waals surface area contributed by atoms with Crippen molar-refractivity contribution >= 4 is 5.78 Å². The first kappa shape index (κ1) is 17.5. The fourth-order valence-electron chi connectivity index (χ4n) is 5.89. The molecule has 0 aliphatic heterocycles. The van der Waals surface area contributed by atoms with Crippen molar-refractivity contribution in [1.82, 2.24) is 19.6 Å². The van der Waals surface area contributed by atoms with Crippen LogP contribution in [-0.4, -0.2) is 25.5 Å². The minimum absolute atomic E-state index is 0.0805. The second-order valence-corrected chi connectivity index (χ2v) is 9.49. The number of alkyl halides is 2. The molecule has 2 aromatic heterocycles. The van der Waals surface area contributed by atoms with Crippen molar-refractivity contribution in [3.8, 4) is 0 Å². The molecule has 3 saturated carbocycles. The van der Waals surface area contributed by atoms with Gasteiger partial charge < -0.3 is 0 Å². The predicted octanol–water partition coefficient (Wildman–Crippen LogP) is 5.41. The Morgan fingerprint density at radius 3 is 2.48 bits per heavy atom. The van der Waals surface area contributed by atoms with Gasteiger partial charge in [0, 0.05) is 24.7 Å². The summed E-state index contributed by atoms with van der Waals surface area (Å²) in [5, 5.41) is 4.72. The van der Waals surface area contributed by atoms with Gasteiger partial charge >= 0.3 is 0 Å². The van der Waals surface area contributed by atoms with Gasteiger partial charge in [0.05, 0.1) is 23.3 Å². The van der Waals surface area contributed by atoms with Crippen LogP contribution in [0.2, 0.25) is 0 Å². The maximum atomic E-state index is 13.2. The molecule has 0 amide bonds. The first-order valence-corrected chi connectivity index (χ1v) is 10.5. The van der Waals surface area contributed by atoms with Crippen LogP contribution in [0.1, 0.15) is 93.6 Å². The highest BCUT2D eigenvalue weighted by Crippen LogP contribution is 2.66. The van der Waals surface area contributed by atoms with Crippen molar-refractivity contribution in [2.75, 3.05) is 0 Å². The molecule has 3 fully saturated rings. The average Bonchev–Trinajstić information content (AvgIpc) is 2.99. The number of nitrogens with zero attached hydrogens (tertiary/aromatic N) is 4. The van der Waals surface area contributed by atoms with Crippen molar-refractivity contribution in [3.63, 3.8) is 0 Å². The van der Waals surface area contributed by atoms with Crippen molar-refractivity contribution in [2.45, 2.75) is 89.4 Å². The highest BCUT2D eigenvalue weighted by molar-refractivity contribution is 5.34. The van der Waals surface area contributed by atoms with E-state index in [1.54, 1.807) is 4.52 Å². The van der Waals surface area contributed by atoms with Crippen LogP contribution in [0.25, 0.3) is 5.78 Å². The van der Waals surface area contributed by atoms with Gasteiger partial charge in [0.25, 0.3) is 5.78 Å². The fraction of sp³-hybridized carbons (Fsp3) is 0.762. The molecule has 3 aliphatic rings. The fourth-order valence-corrected chi connectivity index (χ4v) is 5.89. The Kier molecular flexibility index (Phi) is 3.86. The van der Waals surface area contributed by atoms with Gasteiger partial charge in [0.1, 0.15) is 0 Å². The van der Waals surface area contributed by atoms with Crippen LogP contribution in [0, 0.1) is 18.3 Å². The number of aryl methyl sites for hydroxylation is 1. The summed E-state index contributed by atoms with van der Waals surface area (Å²) in [4.78, 5) is 9.64. The lowest BCUT2D eigenvalue weighted by molar-refractivity contribution is -0.208. The van der Waals surface area contributed by atoms with Crippen LogP contribution in [0.15, 0.2) is 6.20 Å². The van der Waals surface area contributed by atoms with Gasteiger partial charge in [-0.05, 0) is 43.9 Å². The van der Waals surface area contributed by atoms with E-state index >= 15 is 0 Å². The third-order valence-electron chi connectivity index (χ3n) is 7.36. The van der Waals surface area contributed by atoms with Crippen LogP contribution < -0.4 is 0 Å². The predicted molar refractivity (Wildman–Crippen MR) is 99.1 cm³/mol. The molecule has 0 radical (unpaired) electrons. The van der Waals surface area contributed by atoms with Gasteiger partial charge in [-0.25, -0.2) is 23.3 Å². The molecular weight excluding hydrogens is 346 g/mol. The Labute approximate surface area is 158 Å². The van der Waals surface area contributed by atoms with Crippen molar-refractivity contribution in [1.29, 1.82) is 0 Å². The van der Waals surface area contributed by atoms with Crippen molar-refractivity contribution in [3.05, 3.63) is 23.3 Å². The first-order valence-electron chi connectivity index (χ1n) is 10.5. The maximum absolute atomic E-state index is 13.2. The molecule has 1 atom stereocenters. The second-order valence-electron chi connectivity index (χ2n) is 9.49. The summed E-state index contributed by atoms with van der Waals surface area (Å²) in [7, 11) is 0. The lowest BCUT2D eigenvalue weighted by Gasteiger charge is -2.58. The summed E-state index contributed by atoms with van der Waals surface area (Å²) in [6.45, 7) is 4.22. The largest absolute Gasteiger partial charge is 0.251 e. The highest BCUT2D eigenvalue weighted by Gasteiger charge is 2.62. The molecule has 0 bridgehead atoms. The van der Waals surface area contributed by atoms with Crippen molar-refractivity contribution < 1.29 is 8.78 Å². The van der Waals surface area contributed by atoms with Crippen LogP contribution >= 0.6 is 0 Å². The van der Waals surface area contributed by atoms with E-state index in [9.17, 15) is 8.78 Å². The Morgan fingerprint density at radius 2 is 1.81 bits per heavy atom. The molecule has 3 aliphatic carbocycles. The zero-order chi connectivity index (χ0) is 18.8. The zero-order valence-electron chi connectivity index (χ0n) is 16.2. The molecule has 1 spiro atoms. The van der Waals surface area contributed by atoms with E-state index in [2.05, 4.69) is 6.92 Å². The molecule has 2 heterocycles. The van der Waals surface area contributed by atoms with E-state index < -0.39 is 5.92 Å². The van der Waals surface area contributed by atoms with Gasteiger partial charge in [0.15, 0.2) is 0 Å². The average molecular weight is 374 g/mol. The molecule has 2 aromatic rings. The number of fused-ring (bicyclic) bond motifs is 1. The van der Waals surface area contributed by atoms with E-state index in [0.29, 0.717) is 17.6 Å². The Hall–Kier alpha value is -1.59. The lowest BCUT2D eigenvalue weighted by Crippen LogP contribution is -2.54. The van der Waals surface area contributed by atoms with Gasteiger partial charge in [-0.15, -0.1) is 0 Å². The number of hydrogen-bond acceptors (Lipinski definition) is 3. The summed E-state index contributed by atoms with van der Waals surface area (Å²) >= 11 is 0.